The van der Waals surface area contributed by atoms with Crippen LogP contribution in [0, 0.1) is 56.7 Å². The number of rotatable bonds is 1. The summed E-state index contributed by atoms with van der Waals surface area (Å²) in [5.41, 5.74) is 0.574. The first-order valence-electron chi connectivity index (χ1n) is 14.0. The molecule has 4 saturated carbocycles. The van der Waals surface area contributed by atoms with Gasteiger partial charge < -0.3 is 15.3 Å². The SMILES string of the molecule is C[C@H]1[C@H](C)CC[C@]2(C(=O)O)CC[C@]3(C)C(=CC[C@@H]4[C@@]5(C)CC(O)[C@H](O)C(C)(C)[C@@H]5CC[C@]43C)[C@H]12. The number of aliphatic carboxylic acids is 1. The van der Waals surface area contributed by atoms with Crippen LogP contribution in [0.15, 0.2) is 11.6 Å². The average molecular weight is 473 g/mol. The Morgan fingerprint density at radius 3 is 2.26 bits per heavy atom. The summed E-state index contributed by atoms with van der Waals surface area (Å²) in [6, 6.07) is 0. The molecule has 4 nitrogen and oxygen atoms in total. The van der Waals surface area contributed by atoms with Gasteiger partial charge in [-0.25, -0.2) is 0 Å². The third-order valence-electron chi connectivity index (χ3n) is 13.4. The van der Waals surface area contributed by atoms with Gasteiger partial charge in [0.1, 0.15) is 0 Å². The molecule has 5 rings (SSSR count). The van der Waals surface area contributed by atoms with Gasteiger partial charge in [-0.15, -0.1) is 0 Å². The number of allylic oxidation sites excluding steroid dienone is 2. The van der Waals surface area contributed by atoms with Crippen LogP contribution in [0.1, 0.15) is 99.8 Å². The second-order valence-electron chi connectivity index (χ2n) is 14.6. The number of carboxylic acid groups (broad SMARTS) is 1. The Balaban J connectivity index is 1.62. The van der Waals surface area contributed by atoms with Crippen LogP contribution in [0.3, 0.4) is 0 Å². The minimum atomic E-state index is -0.679. The topological polar surface area (TPSA) is 77.8 Å². The third-order valence-corrected chi connectivity index (χ3v) is 13.4. The van der Waals surface area contributed by atoms with Gasteiger partial charge >= 0.3 is 5.97 Å². The zero-order valence-electron chi connectivity index (χ0n) is 22.5. The summed E-state index contributed by atoms with van der Waals surface area (Å²) in [5, 5.41) is 32.4. The maximum Gasteiger partial charge on any atom is 0.310 e. The van der Waals surface area contributed by atoms with E-state index >= 15 is 0 Å². The molecular formula is C30H48O4. The summed E-state index contributed by atoms with van der Waals surface area (Å²) < 4.78 is 0. The molecule has 1 unspecified atom stereocenters. The Labute approximate surface area is 206 Å². The molecule has 34 heavy (non-hydrogen) atoms. The highest BCUT2D eigenvalue weighted by Crippen LogP contribution is 2.75. The fourth-order valence-corrected chi connectivity index (χ4v) is 11.0. The van der Waals surface area contributed by atoms with Crippen molar-refractivity contribution < 1.29 is 20.1 Å². The van der Waals surface area contributed by atoms with E-state index in [9.17, 15) is 20.1 Å². The van der Waals surface area contributed by atoms with Crippen molar-refractivity contribution in [1.82, 2.24) is 0 Å². The Morgan fingerprint density at radius 1 is 0.941 bits per heavy atom. The Kier molecular flexibility index (Phi) is 5.36. The lowest BCUT2D eigenvalue weighted by Gasteiger charge is -2.71. The Morgan fingerprint density at radius 2 is 1.62 bits per heavy atom. The van der Waals surface area contributed by atoms with Crippen LogP contribution in [-0.2, 0) is 4.79 Å². The number of carbonyl (C=O) groups is 1. The molecular weight excluding hydrogens is 424 g/mol. The lowest BCUT2D eigenvalue weighted by Crippen LogP contribution is -2.67. The van der Waals surface area contributed by atoms with Crippen molar-refractivity contribution in [2.75, 3.05) is 0 Å². The molecule has 0 aliphatic heterocycles. The molecule has 192 valence electrons. The second kappa shape index (κ2) is 7.34. The molecule has 4 fully saturated rings. The lowest BCUT2D eigenvalue weighted by molar-refractivity contribution is -0.232. The van der Waals surface area contributed by atoms with Gasteiger partial charge in [0, 0.05) is 0 Å². The van der Waals surface area contributed by atoms with Crippen LogP contribution in [0.25, 0.3) is 0 Å². The van der Waals surface area contributed by atoms with Gasteiger partial charge in [-0.1, -0.05) is 60.1 Å². The van der Waals surface area contributed by atoms with E-state index in [1.165, 1.54) is 5.57 Å². The fraction of sp³-hybridized carbons (Fsp3) is 0.900. The number of hydrogen-bond donors (Lipinski definition) is 3. The third kappa shape index (κ3) is 2.76. The average Bonchev–Trinajstić information content (AvgIpc) is 2.75. The van der Waals surface area contributed by atoms with Gasteiger partial charge in [0.25, 0.3) is 0 Å². The van der Waals surface area contributed by atoms with Crippen molar-refractivity contribution >= 4 is 5.97 Å². The molecule has 0 bridgehead atoms. The number of aliphatic hydroxyl groups excluding tert-OH is 2. The molecule has 0 aromatic carbocycles. The van der Waals surface area contributed by atoms with Crippen LogP contribution in [0.4, 0.5) is 0 Å². The van der Waals surface area contributed by atoms with Crippen LogP contribution in [0.5, 0.6) is 0 Å². The zero-order chi connectivity index (χ0) is 25.1. The summed E-state index contributed by atoms with van der Waals surface area (Å²) in [6.07, 6.45) is 8.53. The monoisotopic (exact) mass is 472 g/mol. The molecule has 4 heteroatoms. The number of hydrogen-bond acceptors (Lipinski definition) is 3. The molecule has 0 aromatic heterocycles. The fourth-order valence-electron chi connectivity index (χ4n) is 11.0. The van der Waals surface area contributed by atoms with Crippen molar-refractivity contribution in [1.29, 1.82) is 0 Å². The van der Waals surface area contributed by atoms with Crippen molar-refractivity contribution in [2.24, 2.45) is 56.7 Å². The molecule has 0 saturated heterocycles. The number of aliphatic hydroxyl groups is 2. The van der Waals surface area contributed by atoms with Gasteiger partial charge in [0.15, 0.2) is 0 Å². The summed E-state index contributed by atoms with van der Waals surface area (Å²) in [6.45, 7) is 16.3. The standard InChI is InChI=1S/C30H48O4/c1-17-10-13-30(25(33)34)15-14-28(6)19(23(30)18(17)2)8-9-22-27(5)16-20(31)24(32)26(3,4)21(27)11-12-29(22,28)7/h8,17-18,20-24,31-32H,9-16H2,1-7H3,(H,33,34)/t17-,18+,20?,21+,22-,23+,24+,27+,28-,29-,30+/m1/s1. The van der Waals surface area contributed by atoms with Crippen molar-refractivity contribution in [3.63, 3.8) is 0 Å². The van der Waals surface area contributed by atoms with E-state index in [1.807, 2.05) is 0 Å². The zero-order valence-corrected chi connectivity index (χ0v) is 22.5. The lowest BCUT2D eigenvalue weighted by atomic mass is 9.33. The Hall–Kier alpha value is -0.870. The minimum Gasteiger partial charge on any atom is -0.481 e. The first-order chi connectivity index (χ1) is 15.7. The maximum atomic E-state index is 12.8. The number of carboxylic acids is 1. The highest BCUT2D eigenvalue weighted by atomic mass is 16.4. The predicted octanol–water partition coefficient (Wildman–Crippen LogP) is 6.06. The molecule has 11 atom stereocenters. The first kappa shape index (κ1) is 24.8. The van der Waals surface area contributed by atoms with Crippen LogP contribution < -0.4 is 0 Å². The summed E-state index contributed by atoms with van der Waals surface area (Å²) in [5.74, 6) is 1.30. The molecule has 3 N–H and O–H groups in total. The molecule has 0 radical (unpaired) electrons. The maximum absolute atomic E-state index is 12.8. The quantitative estimate of drug-likeness (QED) is 0.405. The van der Waals surface area contributed by atoms with E-state index in [2.05, 4.69) is 54.5 Å². The smallest absolute Gasteiger partial charge is 0.310 e. The molecule has 0 amide bonds. The van der Waals surface area contributed by atoms with E-state index < -0.39 is 23.6 Å². The highest BCUT2D eigenvalue weighted by Gasteiger charge is 2.70. The largest absolute Gasteiger partial charge is 0.481 e. The van der Waals surface area contributed by atoms with E-state index in [4.69, 9.17) is 0 Å². The van der Waals surface area contributed by atoms with Crippen molar-refractivity contribution in [3.8, 4) is 0 Å². The van der Waals surface area contributed by atoms with Crippen molar-refractivity contribution in [2.45, 2.75) is 112 Å². The van der Waals surface area contributed by atoms with Gasteiger partial charge in [-0.05, 0) is 103 Å². The van der Waals surface area contributed by atoms with Gasteiger partial charge in [-0.3, -0.25) is 4.79 Å². The van der Waals surface area contributed by atoms with E-state index in [0.29, 0.717) is 30.1 Å². The summed E-state index contributed by atoms with van der Waals surface area (Å²) in [7, 11) is 0. The normalized spacial score (nSPS) is 56.3. The molecule has 0 aromatic rings. The van der Waals surface area contributed by atoms with Crippen LogP contribution in [0.2, 0.25) is 0 Å². The number of fused-ring (bicyclic) bond motifs is 7. The van der Waals surface area contributed by atoms with E-state index in [0.717, 1.165) is 44.9 Å². The second-order valence-corrected chi connectivity index (χ2v) is 14.6. The Bertz CT molecular complexity index is 907. The summed E-state index contributed by atoms with van der Waals surface area (Å²) in [4.78, 5) is 12.8. The summed E-state index contributed by atoms with van der Waals surface area (Å²) >= 11 is 0. The molecule has 5 aliphatic rings. The van der Waals surface area contributed by atoms with Crippen LogP contribution >= 0.6 is 0 Å². The predicted molar refractivity (Wildman–Crippen MR) is 134 cm³/mol. The highest BCUT2D eigenvalue weighted by molar-refractivity contribution is 5.76. The van der Waals surface area contributed by atoms with Crippen LogP contribution in [-0.4, -0.2) is 33.5 Å². The first-order valence-corrected chi connectivity index (χ1v) is 14.0. The van der Waals surface area contributed by atoms with Gasteiger partial charge in [0.2, 0.25) is 0 Å². The molecule has 0 spiro atoms. The van der Waals surface area contributed by atoms with E-state index in [1.54, 1.807) is 0 Å². The van der Waals surface area contributed by atoms with Gasteiger partial charge in [-0.2, -0.15) is 0 Å². The minimum absolute atomic E-state index is 0.00993. The molecule has 5 aliphatic carbocycles. The molecule has 0 heterocycles. The van der Waals surface area contributed by atoms with Crippen molar-refractivity contribution in [3.05, 3.63) is 11.6 Å². The van der Waals surface area contributed by atoms with Gasteiger partial charge in [0.05, 0.1) is 17.6 Å². The van der Waals surface area contributed by atoms with E-state index in [-0.39, 0.29) is 27.6 Å².